The standard InChI is InChI=1S/C10H20N2O4/c1-7(5-6-15-8(11)13)12-9(14)16-10(2,3)4/h7H,5-6H2,1-4H3,(H2,11,13)(H,12,14). The van der Waals surface area contributed by atoms with Crippen LogP contribution in [-0.4, -0.2) is 30.4 Å². The van der Waals surface area contributed by atoms with Gasteiger partial charge >= 0.3 is 12.2 Å². The zero-order valence-electron chi connectivity index (χ0n) is 10.2. The summed E-state index contributed by atoms with van der Waals surface area (Å²) < 4.78 is 9.60. The highest BCUT2D eigenvalue weighted by molar-refractivity contribution is 5.68. The van der Waals surface area contributed by atoms with Crippen LogP contribution in [0.1, 0.15) is 34.1 Å². The summed E-state index contributed by atoms with van der Waals surface area (Å²) in [5.74, 6) is 0. The number of amides is 2. The van der Waals surface area contributed by atoms with Gasteiger partial charge < -0.3 is 20.5 Å². The fourth-order valence-corrected chi connectivity index (χ4v) is 0.917. The van der Waals surface area contributed by atoms with Crippen molar-refractivity contribution in [3.05, 3.63) is 0 Å². The number of carbonyl (C=O) groups is 2. The van der Waals surface area contributed by atoms with Crippen LogP contribution in [0.4, 0.5) is 9.59 Å². The molecule has 1 unspecified atom stereocenters. The van der Waals surface area contributed by atoms with Crippen LogP contribution < -0.4 is 11.1 Å². The summed E-state index contributed by atoms with van der Waals surface area (Å²) in [7, 11) is 0. The molecule has 0 aromatic carbocycles. The highest BCUT2D eigenvalue weighted by atomic mass is 16.6. The van der Waals surface area contributed by atoms with Gasteiger partial charge in [0.1, 0.15) is 5.60 Å². The van der Waals surface area contributed by atoms with Crippen molar-refractivity contribution in [2.75, 3.05) is 6.61 Å². The molecule has 6 heteroatoms. The Morgan fingerprint density at radius 2 is 1.94 bits per heavy atom. The van der Waals surface area contributed by atoms with E-state index in [2.05, 4.69) is 10.1 Å². The van der Waals surface area contributed by atoms with E-state index in [1.807, 2.05) is 0 Å². The maximum atomic E-state index is 11.3. The van der Waals surface area contributed by atoms with E-state index >= 15 is 0 Å². The van der Waals surface area contributed by atoms with E-state index in [9.17, 15) is 9.59 Å². The van der Waals surface area contributed by atoms with Crippen molar-refractivity contribution >= 4 is 12.2 Å². The number of nitrogens with two attached hydrogens (primary N) is 1. The normalized spacial score (nSPS) is 12.8. The van der Waals surface area contributed by atoms with Gasteiger partial charge in [0, 0.05) is 12.5 Å². The smallest absolute Gasteiger partial charge is 0.407 e. The van der Waals surface area contributed by atoms with Gasteiger partial charge in [-0.2, -0.15) is 0 Å². The molecule has 16 heavy (non-hydrogen) atoms. The van der Waals surface area contributed by atoms with Crippen LogP contribution >= 0.6 is 0 Å². The molecule has 0 saturated heterocycles. The molecular formula is C10H20N2O4. The van der Waals surface area contributed by atoms with Crippen molar-refractivity contribution in [3.63, 3.8) is 0 Å². The lowest BCUT2D eigenvalue weighted by Crippen LogP contribution is -2.38. The lowest BCUT2D eigenvalue weighted by atomic mass is 10.2. The second kappa shape index (κ2) is 6.19. The number of hydrogen-bond donors (Lipinski definition) is 2. The first-order valence-corrected chi connectivity index (χ1v) is 5.12. The van der Waals surface area contributed by atoms with E-state index in [0.717, 1.165) is 0 Å². The van der Waals surface area contributed by atoms with E-state index in [1.54, 1.807) is 27.7 Å². The van der Waals surface area contributed by atoms with E-state index in [4.69, 9.17) is 10.5 Å². The third kappa shape index (κ3) is 9.11. The van der Waals surface area contributed by atoms with E-state index in [0.29, 0.717) is 6.42 Å². The highest BCUT2D eigenvalue weighted by Gasteiger charge is 2.17. The Balaban J connectivity index is 3.74. The van der Waals surface area contributed by atoms with Gasteiger partial charge in [0.2, 0.25) is 0 Å². The van der Waals surface area contributed by atoms with Gasteiger partial charge in [0.25, 0.3) is 0 Å². The number of nitrogens with one attached hydrogen (secondary N) is 1. The maximum Gasteiger partial charge on any atom is 0.407 e. The molecule has 1 atom stereocenters. The molecule has 94 valence electrons. The molecule has 0 aliphatic rings. The number of ether oxygens (including phenoxy) is 2. The summed E-state index contributed by atoms with van der Waals surface area (Å²) in [4.78, 5) is 21.6. The first kappa shape index (κ1) is 14.5. The van der Waals surface area contributed by atoms with Crippen molar-refractivity contribution in [1.29, 1.82) is 0 Å². The predicted molar refractivity (Wildman–Crippen MR) is 59.0 cm³/mol. The molecule has 0 saturated carbocycles. The van der Waals surface area contributed by atoms with Crippen LogP contribution in [-0.2, 0) is 9.47 Å². The number of alkyl carbamates (subject to hydrolysis) is 1. The van der Waals surface area contributed by atoms with Gasteiger partial charge in [0.15, 0.2) is 0 Å². The molecular weight excluding hydrogens is 212 g/mol. The fraction of sp³-hybridized carbons (Fsp3) is 0.800. The van der Waals surface area contributed by atoms with Gasteiger partial charge in [-0.15, -0.1) is 0 Å². The quantitative estimate of drug-likeness (QED) is 0.766. The summed E-state index contributed by atoms with van der Waals surface area (Å²) in [6, 6.07) is -0.144. The van der Waals surface area contributed by atoms with Crippen LogP contribution in [0.3, 0.4) is 0 Å². The minimum Gasteiger partial charge on any atom is -0.450 e. The molecule has 2 amide bonds. The van der Waals surface area contributed by atoms with Crippen LogP contribution in [0.5, 0.6) is 0 Å². The minimum atomic E-state index is -0.815. The molecule has 0 aromatic rings. The van der Waals surface area contributed by atoms with Gasteiger partial charge in [-0.3, -0.25) is 0 Å². The van der Waals surface area contributed by atoms with Crippen LogP contribution in [0.25, 0.3) is 0 Å². The number of hydrogen-bond acceptors (Lipinski definition) is 4. The van der Waals surface area contributed by atoms with Crippen LogP contribution in [0.15, 0.2) is 0 Å². The van der Waals surface area contributed by atoms with Crippen molar-refractivity contribution in [3.8, 4) is 0 Å². The Labute approximate surface area is 95.5 Å². The summed E-state index contributed by atoms with van der Waals surface area (Å²) in [6.07, 6.45) is -0.814. The topological polar surface area (TPSA) is 90.6 Å². The third-order valence-electron chi connectivity index (χ3n) is 1.56. The summed E-state index contributed by atoms with van der Waals surface area (Å²) in [5, 5.41) is 2.62. The van der Waals surface area contributed by atoms with E-state index in [-0.39, 0.29) is 12.6 Å². The number of carbonyl (C=O) groups excluding carboxylic acids is 2. The lowest BCUT2D eigenvalue weighted by molar-refractivity contribution is 0.0501. The molecule has 0 bridgehead atoms. The summed E-state index contributed by atoms with van der Waals surface area (Å²) in [5.41, 5.74) is 4.27. The Bertz CT molecular complexity index is 248. The second-order valence-corrected chi connectivity index (χ2v) is 4.50. The largest absolute Gasteiger partial charge is 0.450 e. The predicted octanol–water partition coefficient (Wildman–Crippen LogP) is 1.38. The van der Waals surface area contributed by atoms with E-state index < -0.39 is 17.8 Å². The van der Waals surface area contributed by atoms with Crippen molar-refractivity contribution in [1.82, 2.24) is 5.32 Å². The third-order valence-corrected chi connectivity index (χ3v) is 1.56. The molecule has 6 nitrogen and oxygen atoms in total. The molecule has 0 aliphatic carbocycles. The zero-order valence-corrected chi connectivity index (χ0v) is 10.2. The zero-order chi connectivity index (χ0) is 12.8. The second-order valence-electron chi connectivity index (χ2n) is 4.50. The van der Waals surface area contributed by atoms with Crippen LogP contribution in [0.2, 0.25) is 0 Å². The molecule has 0 heterocycles. The Morgan fingerprint density at radius 1 is 1.38 bits per heavy atom. The first-order chi connectivity index (χ1) is 7.20. The minimum absolute atomic E-state index is 0.144. The van der Waals surface area contributed by atoms with Gasteiger partial charge in [-0.1, -0.05) is 0 Å². The van der Waals surface area contributed by atoms with Gasteiger partial charge in [-0.05, 0) is 27.7 Å². The number of primary amides is 1. The van der Waals surface area contributed by atoms with Crippen LogP contribution in [0, 0.1) is 0 Å². The SMILES string of the molecule is CC(CCOC(N)=O)NC(=O)OC(C)(C)C. The van der Waals surface area contributed by atoms with Crippen molar-refractivity contribution < 1.29 is 19.1 Å². The van der Waals surface area contributed by atoms with E-state index in [1.165, 1.54) is 0 Å². The van der Waals surface area contributed by atoms with Crippen molar-refractivity contribution in [2.24, 2.45) is 5.73 Å². The Kier molecular flexibility index (Phi) is 5.63. The van der Waals surface area contributed by atoms with Gasteiger partial charge in [0.05, 0.1) is 6.61 Å². The van der Waals surface area contributed by atoms with Gasteiger partial charge in [-0.25, -0.2) is 9.59 Å². The summed E-state index contributed by atoms with van der Waals surface area (Å²) in [6.45, 7) is 7.31. The van der Waals surface area contributed by atoms with Crippen molar-refractivity contribution in [2.45, 2.75) is 45.8 Å². The lowest BCUT2D eigenvalue weighted by Gasteiger charge is -2.21. The first-order valence-electron chi connectivity index (χ1n) is 5.12. The molecule has 0 aromatic heterocycles. The average molecular weight is 232 g/mol. The molecule has 0 radical (unpaired) electrons. The molecule has 0 fully saturated rings. The molecule has 0 rings (SSSR count). The average Bonchev–Trinajstić information content (AvgIpc) is 1.98. The molecule has 0 spiro atoms. The number of rotatable bonds is 4. The Morgan fingerprint density at radius 3 is 2.38 bits per heavy atom. The summed E-state index contributed by atoms with van der Waals surface area (Å²) >= 11 is 0. The molecule has 3 N–H and O–H groups in total. The monoisotopic (exact) mass is 232 g/mol. The Hall–Kier alpha value is -1.46. The fourth-order valence-electron chi connectivity index (χ4n) is 0.917. The maximum absolute atomic E-state index is 11.3. The highest BCUT2D eigenvalue weighted by Crippen LogP contribution is 2.07. The molecule has 0 aliphatic heterocycles.